The third-order valence-corrected chi connectivity index (χ3v) is 6.02. The number of aryl methyl sites for hydroxylation is 2. The van der Waals surface area contributed by atoms with Gasteiger partial charge in [-0.1, -0.05) is 23.7 Å². The Balaban J connectivity index is 1.64. The molecule has 8 heteroatoms. The van der Waals surface area contributed by atoms with Crippen LogP contribution in [0.5, 0.6) is 5.75 Å². The number of benzene rings is 3. The first-order valence-corrected chi connectivity index (χ1v) is 11.4. The van der Waals surface area contributed by atoms with Crippen LogP contribution >= 0.6 is 11.6 Å². The first kappa shape index (κ1) is 22.7. The van der Waals surface area contributed by atoms with Crippen LogP contribution in [0.2, 0.25) is 5.02 Å². The molecule has 0 radical (unpaired) electrons. The number of hydrogen-bond acceptors (Lipinski definition) is 4. The van der Waals surface area contributed by atoms with E-state index in [-0.39, 0.29) is 10.8 Å². The molecule has 0 unspecified atom stereocenters. The smallest absolute Gasteiger partial charge is 0.265 e. The maximum Gasteiger partial charge on any atom is 0.265 e. The van der Waals surface area contributed by atoms with Crippen LogP contribution in [0.1, 0.15) is 18.1 Å². The normalized spacial score (nSPS) is 12.1. The molecular weight excluding hydrogens is 436 g/mol. The minimum atomic E-state index is -3.79. The van der Waals surface area contributed by atoms with Crippen molar-refractivity contribution in [2.24, 2.45) is 0 Å². The molecule has 3 aromatic carbocycles. The second kappa shape index (κ2) is 9.41. The predicted octanol–water partition coefficient (Wildman–Crippen LogP) is 5.16. The fraction of sp³-hybridized carbons (Fsp3) is 0.174. The highest BCUT2D eigenvalue weighted by molar-refractivity contribution is 7.92. The molecule has 0 bridgehead atoms. The predicted molar refractivity (Wildman–Crippen MR) is 123 cm³/mol. The quantitative estimate of drug-likeness (QED) is 0.512. The van der Waals surface area contributed by atoms with E-state index in [4.69, 9.17) is 16.3 Å². The maximum absolute atomic E-state index is 12.6. The summed E-state index contributed by atoms with van der Waals surface area (Å²) in [5.74, 6) is 0.278. The van der Waals surface area contributed by atoms with Gasteiger partial charge in [0.05, 0.1) is 10.6 Å². The van der Waals surface area contributed by atoms with E-state index < -0.39 is 16.1 Å². The molecule has 6 nitrogen and oxygen atoms in total. The number of rotatable bonds is 7. The van der Waals surface area contributed by atoms with Crippen LogP contribution in [0.25, 0.3) is 0 Å². The third-order valence-electron chi connectivity index (χ3n) is 4.39. The fourth-order valence-electron chi connectivity index (χ4n) is 2.99. The summed E-state index contributed by atoms with van der Waals surface area (Å²) < 4.78 is 33.3. The van der Waals surface area contributed by atoms with Crippen LogP contribution in [0, 0.1) is 13.8 Å². The van der Waals surface area contributed by atoms with Crippen molar-refractivity contribution in [2.45, 2.75) is 31.8 Å². The van der Waals surface area contributed by atoms with E-state index >= 15 is 0 Å². The van der Waals surface area contributed by atoms with Crippen molar-refractivity contribution in [2.75, 3.05) is 10.0 Å². The van der Waals surface area contributed by atoms with E-state index in [1.54, 1.807) is 25.1 Å². The highest BCUT2D eigenvalue weighted by Gasteiger charge is 2.17. The number of ether oxygens (including phenoxy) is 1. The van der Waals surface area contributed by atoms with Crippen molar-refractivity contribution < 1.29 is 17.9 Å². The summed E-state index contributed by atoms with van der Waals surface area (Å²) in [6, 6.07) is 18.1. The van der Waals surface area contributed by atoms with Crippen LogP contribution in [0.4, 0.5) is 11.4 Å². The third kappa shape index (κ3) is 6.23. The molecular formula is C23H23ClN2O4S. The Labute approximate surface area is 187 Å². The number of sulfonamides is 1. The van der Waals surface area contributed by atoms with Crippen molar-refractivity contribution in [3.63, 3.8) is 0 Å². The Bertz CT molecular complexity index is 1170. The lowest BCUT2D eigenvalue weighted by atomic mass is 10.1. The molecule has 3 aromatic rings. The van der Waals surface area contributed by atoms with Crippen molar-refractivity contribution in [3.8, 4) is 5.75 Å². The number of anilines is 2. The van der Waals surface area contributed by atoms with Gasteiger partial charge in [0.15, 0.2) is 6.10 Å². The van der Waals surface area contributed by atoms with Gasteiger partial charge in [0, 0.05) is 10.7 Å². The van der Waals surface area contributed by atoms with E-state index in [1.165, 1.54) is 30.3 Å². The van der Waals surface area contributed by atoms with E-state index in [1.807, 2.05) is 32.0 Å². The van der Waals surface area contributed by atoms with Crippen molar-refractivity contribution in [1.82, 2.24) is 0 Å². The van der Waals surface area contributed by atoms with E-state index in [0.29, 0.717) is 22.1 Å². The Kier molecular flexibility index (Phi) is 6.87. The zero-order valence-corrected chi connectivity index (χ0v) is 18.9. The molecule has 0 heterocycles. The first-order chi connectivity index (χ1) is 14.6. The Morgan fingerprint density at radius 3 is 2.19 bits per heavy atom. The standard InChI is InChI=1S/C23H23ClN2O4S/c1-15-11-16(2)13-21(12-15)30-17(3)23(27)25-19-7-9-22(10-8-19)31(28,29)26-20-6-4-5-18(24)14-20/h4-14,17,26H,1-3H3,(H,25,27)/t17-/m0/s1. The molecule has 0 aliphatic heterocycles. The van der Waals surface area contributed by atoms with Gasteiger partial charge < -0.3 is 10.1 Å². The molecule has 2 N–H and O–H groups in total. The lowest BCUT2D eigenvalue weighted by molar-refractivity contribution is -0.122. The summed E-state index contributed by atoms with van der Waals surface area (Å²) >= 11 is 5.90. The van der Waals surface area contributed by atoms with Gasteiger partial charge >= 0.3 is 0 Å². The summed E-state index contributed by atoms with van der Waals surface area (Å²) in [5.41, 5.74) is 2.92. The minimum Gasteiger partial charge on any atom is -0.481 e. The van der Waals surface area contributed by atoms with Crippen LogP contribution in [-0.2, 0) is 14.8 Å². The molecule has 0 aromatic heterocycles. The molecule has 1 atom stereocenters. The van der Waals surface area contributed by atoms with Crippen molar-refractivity contribution in [3.05, 3.63) is 82.9 Å². The first-order valence-electron chi connectivity index (χ1n) is 9.57. The van der Waals surface area contributed by atoms with Gasteiger partial charge in [-0.2, -0.15) is 0 Å². The number of hydrogen-bond donors (Lipinski definition) is 2. The number of carbonyl (C=O) groups excluding carboxylic acids is 1. The molecule has 31 heavy (non-hydrogen) atoms. The van der Waals surface area contributed by atoms with Crippen LogP contribution < -0.4 is 14.8 Å². The summed E-state index contributed by atoms with van der Waals surface area (Å²) in [5, 5.41) is 3.16. The van der Waals surface area contributed by atoms with Gasteiger partial charge in [0.25, 0.3) is 15.9 Å². The largest absolute Gasteiger partial charge is 0.481 e. The van der Waals surface area contributed by atoms with Gasteiger partial charge in [0.1, 0.15) is 5.75 Å². The van der Waals surface area contributed by atoms with E-state index in [2.05, 4.69) is 10.0 Å². The zero-order chi connectivity index (χ0) is 22.6. The lowest BCUT2D eigenvalue weighted by Gasteiger charge is -2.16. The lowest BCUT2D eigenvalue weighted by Crippen LogP contribution is -2.30. The highest BCUT2D eigenvalue weighted by atomic mass is 35.5. The summed E-state index contributed by atoms with van der Waals surface area (Å²) in [6.07, 6.45) is -0.728. The van der Waals surface area contributed by atoms with Crippen molar-refractivity contribution >= 4 is 38.9 Å². The number of nitrogens with one attached hydrogen (secondary N) is 2. The van der Waals surface area contributed by atoms with Gasteiger partial charge in [-0.3, -0.25) is 9.52 Å². The molecule has 0 saturated heterocycles. The van der Waals surface area contributed by atoms with Gasteiger partial charge in [-0.05, 0) is 86.5 Å². The maximum atomic E-state index is 12.6. The van der Waals surface area contributed by atoms with E-state index in [0.717, 1.165) is 11.1 Å². The van der Waals surface area contributed by atoms with Crippen LogP contribution in [0.15, 0.2) is 71.6 Å². The number of amides is 1. The summed E-state index contributed by atoms with van der Waals surface area (Å²) in [4.78, 5) is 12.5. The second-order valence-electron chi connectivity index (χ2n) is 7.21. The molecule has 1 amide bonds. The SMILES string of the molecule is Cc1cc(C)cc(O[C@@H](C)C(=O)Nc2ccc(S(=O)(=O)Nc3cccc(Cl)c3)cc2)c1. The fourth-order valence-corrected chi connectivity index (χ4v) is 4.23. The summed E-state index contributed by atoms with van der Waals surface area (Å²) in [7, 11) is -3.79. The minimum absolute atomic E-state index is 0.0602. The second-order valence-corrected chi connectivity index (χ2v) is 9.33. The topological polar surface area (TPSA) is 84.5 Å². The average molecular weight is 459 g/mol. The molecule has 0 spiro atoms. The van der Waals surface area contributed by atoms with Gasteiger partial charge in [-0.15, -0.1) is 0 Å². The van der Waals surface area contributed by atoms with E-state index in [9.17, 15) is 13.2 Å². The summed E-state index contributed by atoms with van der Waals surface area (Å²) in [6.45, 7) is 5.57. The number of carbonyl (C=O) groups is 1. The van der Waals surface area contributed by atoms with Gasteiger partial charge in [-0.25, -0.2) is 8.42 Å². The van der Waals surface area contributed by atoms with Crippen LogP contribution in [0.3, 0.4) is 0 Å². The monoisotopic (exact) mass is 458 g/mol. The Hall–Kier alpha value is -3.03. The molecule has 0 aliphatic carbocycles. The number of halogens is 1. The van der Waals surface area contributed by atoms with Crippen LogP contribution in [-0.4, -0.2) is 20.4 Å². The molecule has 162 valence electrons. The molecule has 0 fully saturated rings. The average Bonchev–Trinajstić information content (AvgIpc) is 2.67. The highest BCUT2D eigenvalue weighted by Crippen LogP contribution is 2.21. The molecule has 3 rings (SSSR count). The van der Waals surface area contributed by atoms with Crippen molar-refractivity contribution in [1.29, 1.82) is 0 Å². The van der Waals surface area contributed by atoms with Gasteiger partial charge in [0.2, 0.25) is 0 Å². The molecule has 0 aliphatic rings. The molecule has 0 saturated carbocycles. The Morgan fingerprint density at radius 2 is 1.58 bits per heavy atom. The zero-order valence-electron chi connectivity index (χ0n) is 17.3. The Morgan fingerprint density at radius 1 is 0.935 bits per heavy atom.